The molecule has 0 aliphatic heterocycles. The molecule has 1 nitrogen and oxygen atoms in total. The van der Waals surface area contributed by atoms with Gasteiger partial charge in [0.1, 0.15) is 0 Å². The van der Waals surface area contributed by atoms with Crippen molar-refractivity contribution < 1.29 is 0 Å². The Kier molecular flexibility index (Phi) is 8.57. The van der Waals surface area contributed by atoms with Crippen LogP contribution < -0.4 is 4.90 Å². The van der Waals surface area contributed by atoms with Crippen LogP contribution in [0.1, 0.15) is 25.0 Å². The van der Waals surface area contributed by atoms with Crippen molar-refractivity contribution in [1.29, 1.82) is 0 Å². The van der Waals surface area contributed by atoms with E-state index in [2.05, 4.69) is 243 Å². The number of hydrogen-bond donors (Lipinski definition) is 0. The lowest BCUT2D eigenvalue weighted by molar-refractivity contribution is 0.662. The van der Waals surface area contributed by atoms with Crippen molar-refractivity contribution >= 4 is 38.6 Å². The first kappa shape index (κ1) is 35.7. The fraction of sp³-hybridized carbons (Fsp3) is 0.0508. The summed E-state index contributed by atoms with van der Waals surface area (Å²) >= 11 is 0. The van der Waals surface area contributed by atoms with Crippen molar-refractivity contribution in [3.8, 4) is 55.6 Å². The zero-order valence-electron chi connectivity index (χ0n) is 33.8. The molecule has 0 atom stereocenters. The van der Waals surface area contributed by atoms with Gasteiger partial charge in [-0.25, -0.2) is 0 Å². The van der Waals surface area contributed by atoms with Gasteiger partial charge in [0, 0.05) is 21.9 Å². The standard InChI is InChI=1S/C59H43N/c1-59(2)55-29-14-13-25-50(55)52-27-16-28-53(58(52)59)54-39-44(33-36-47(54)42-19-7-4-8-20-42)40-31-34-45(35-32-40)60(56-30-15-22-43-21-9-10-23-48(43)56)57-38-37-46(41-17-5-3-6-18-41)49-24-11-12-26-51(49)57/h3-39H,1-2H3. The molecule has 0 saturated heterocycles. The average Bonchev–Trinajstić information content (AvgIpc) is 3.55. The van der Waals surface area contributed by atoms with E-state index in [4.69, 9.17) is 0 Å². The van der Waals surface area contributed by atoms with Crippen molar-refractivity contribution in [3.63, 3.8) is 0 Å². The zero-order chi connectivity index (χ0) is 40.2. The first-order valence-corrected chi connectivity index (χ1v) is 20.9. The molecule has 1 aliphatic carbocycles. The molecule has 60 heavy (non-hydrogen) atoms. The van der Waals surface area contributed by atoms with Gasteiger partial charge < -0.3 is 4.90 Å². The Balaban J connectivity index is 1.07. The molecular weight excluding hydrogens is 723 g/mol. The number of anilines is 3. The molecule has 284 valence electrons. The first-order valence-electron chi connectivity index (χ1n) is 20.9. The Labute approximate surface area is 352 Å². The average molecular weight is 766 g/mol. The molecule has 1 aliphatic rings. The lowest BCUT2D eigenvalue weighted by Gasteiger charge is -2.29. The third-order valence-electron chi connectivity index (χ3n) is 12.7. The van der Waals surface area contributed by atoms with Gasteiger partial charge in [0.15, 0.2) is 0 Å². The van der Waals surface area contributed by atoms with Gasteiger partial charge in [-0.15, -0.1) is 0 Å². The smallest absolute Gasteiger partial charge is 0.0540 e. The predicted molar refractivity (Wildman–Crippen MR) is 255 cm³/mol. The van der Waals surface area contributed by atoms with Gasteiger partial charge in [0.25, 0.3) is 0 Å². The third-order valence-corrected chi connectivity index (χ3v) is 12.7. The van der Waals surface area contributed by atoms with Crippen molar-refractivity contribution in [2.24, 2.45) is 0 Å². The van der Waals surface area contributed by atoms with E-state index in [0.29, 0.717) is 0 Å². The fourth-order valence-electron chi connectivity index (χ4n) is 9.85. The minimum Gasteiger partial charge on any atom is -0.309 e. The monoisotopic (exact) mass is 765 g/mol. The first-order chi connectivity index (χ1) is 29.5. The Morgan fingerprint density at radius 1 is 0.317 bits per heavy atom. The number of benzene rings is 10. The van der Waals surface area contributed by atoms with Crippen molar-refractivity contribution in [3.05, 3.63) is 236 Å². The van der Waals surface area contributed by atoms with Gasteiger partial charge >= 0.3 is 0 Å². The molecule has 0 radical (unpaired) electrons. The van der Waals surface area contributed by atoms with Gasteiger partial charge in [-0.05, 0) is 108 Å². The van der Waals surface area contributed by atoms with Crippen LogP contribution in [0.5, 0.6) is 0 Å². The number of nitrogens with zero attached hydrogens (tertiary/aromatic N) is 1. The minimum absolute atomic E-state index is 0.136. The molecule has 0 heterocycles. The van der Waals surface area contributed by atoms with Crippen molar-refractivity contribution in [2.75, 3.05) is 4.90 Å². The summed E-state index contributed by atoms with van der Waals surface area (Å²) in [7, 11) is 0. The molecule has 0 aromatic heterocycles. The Morgan fingerprint density at radius 2 is 0.850 bits per heavy atom. The molecule has 0 spiro atoms. The van der Waals surface area contributed by atoms with E-state index >= 15 is 0 Å². The molecule has 0 saturated carbocycles. The summed E-state index contributed by atoms with van der Waals surface area (Å²) in [4.78, 5) is 2.44. The summed E-state index contributed by atoms with van der Waals surface area (Å²) in [6.07, 6.45) is 0. The number of rotatable bonds is 7. The Hall–Kier alpha value is -7.48. The highest BCUT2D eigenvalue weighted by molar-refractivity contribution is 6.09. The van der Waals surface area contributed by atoms with Gasteiger partial charge in [-0.2, -0.15) is 0 Å². The van der Waals surface area contributed by atoms with Crippen LogP contribution in [0, 0.1) is 0 Å². The van der Waals surface area contributed by atoms with Crippen LogP contribution in [0.2, 0.25) is 0 Å². The van der Waals surface area contributed by atoms with E-state index in [-0.39, 0.29) is 5.41 Å². The Bertz CT molecular complexity index is 3210. The largest absolute Gasteiger partial charge is 0.309 e. The van der Waals surface area contributed by atoms with E-state index in [1.54, 1.807) is 0 Å². The third kappa shape index (κ3) is 5.85. The van der Waals surface area contributed by atoms with Crippen LogP contribution in [-0.2, 0) is 5.41 Å². The van der Waals surface area contributed by atoms with Crippen LogP contribution in [0.25, 0.3) is 77.2 Å². The lowest BCUT2D eigenvalue weighted by atomic mass is 9.77. The lowest BCUT2D eigenvalue weighted by Crippen LogP contribution is -2.16. The maximum atomic E-state index is 2.44. The molecule has 1 heteroatoms. The summed E-state index contributed by atoms with van der Waals surface area (Å²) < 4.78 is 0. The maximum Gasteiger partial charge on any atom is 0.0540 e. The van der Waals surface area contributed by atoms with Crippen LogP contribution in [0.4, 0.5) is 17.1 Å². The van der Waals surface area contributed by atoms with Crippen molar-refractivity contribution in [1.82, 2.24) is 0 Å². The van der Waals surface area contributed by atoms with E-state index in [1.165, 1.54) is 88.3 Å². The molecule has 0 unspecified atom stereocenters. The van der Waals surface area contributed by atoms with Crippen LogP contribution in [0.3, 0.4) is 0 Å². The predicted octanol–water partition coefficient (Wildman–Crippen LogP) is 16.4. The molecule has 10 aromatic carbocycles. The van der Waals surface area contributed by atoms with E-state index in [1.807, 2.05) is 0 Å². The molecule has 10 aromatic rings. The second-order valence-corrected chi connectivity index (χ2v) is 16.4. The van der Waals surface area contributed by atoms with Crippen molar-refractivity contribution in [2.45, 2.75) is 19.3 Å². The summed E-state index contributed by atoms with van der Waals surface area (Å²) in [5.41, 5.74) is 18.5. The summed E-state index contributed by atoms with van der Waals surface area (Å²) in [5, 5.41) is 4.86. The van der Waals surface area contributed by atoms with E-state index in [9.17, 15) is 0 Å². The topological polar surface area (TPSA) is 3.24 Å². The number of fused-ring (bicyclic) bond motifs is 5. The van der Waals surface area contributed by atoms with Gasteiger partial charge in [0.05, 0.1) is 11.4 Å². The minimum atomic E-state index is -0.136. The molecule has 0 bridgehead atoms. The highest BCUT2D eigenvalue weighted by atomic mass is 15.1. The molecule has 0 fully saturated rings. The summed E-state index contributed by atoms with van der Waals surface area (Å²) in [6.45, 7) is 4.76. The normalized spacial score (nSPS) is 12.6. The molecular formula is C59H43N. The van der Waals surface area contributed by atoms with Crippen LogP contribution >= 0.6 is 0 Å². The molecule has 11 rings (SSSR count). The summed E-state index contributed by atoms with van der Waals surface area (Å²) in [6, 6.07) is 82.3. The van der Waals surface area contributed by atoms with Gasteiger partial charge in [-0.1, -0.05) is 208 Å². The van der Waals surface area contributed by atoms with E-state index < -0.39 is 0 Å². The molecule has 0 N–H and O–H groups in total. The highest BCUT2D eigenvalue weighted by Gasteiger charge is 2.37. The molecule has 0 amide bonds. The van der Waals surface area contributed by atoms with Gasteiger partial charge in [-0.3, -0.25) is 0 Å². The summed E-state index contributed by atoms with van der Waals surface area (Å²) in [5.74, 6) is 0. The second-order valence-electron chi connectivity index (χ2n) is 16.4. The highest BCUT2D eigenvalue weighted by Crippen LogP contribution is 2.53. The number of hydrogen-bond acceptors (Lipinski definition) is 1. The fourth-order valence-corrected chi connectivity index (χ4v) is 9.85. The zero-order valence-corrected chi connectivity index (χ0v) is 33.8. The van der Waals surface area contributed by atoms with E-state index in [0.717, 1.165) is 17.1 Å². The Morgan fingerprint density at radius 3 is 1.62 bits per heavy atom. The van der Waals surface area contributed by atoms with Gasteiger partial charge in [0.2, 0.25) is 0 Å². The van der Waals surface area contributed by atoms with Crippen LogP contribution in [0.15, 0.2) is 224 Å². The maximum absolute atomic E-state index is 2.44. The second kappa shape index (κ2) is 14.4. The quantitative estimate of drug-likeness (QED) is 0.156. The van der Waals surface area contributed by atoms with Crippen LogP contribution in [-0.4, -0.2) is 0 Å². The SMILES string of the molecule is CC1(C)c2ccccc2-c2cccc(-c3cc(-c4ccc(N(c5cccc6ccccc56)c5ccc(-c6ccccc6)c6ccccc56)cc4)ccc3-c3ccccc3)c21.